The van der Waals surface area contributed by atoms with E-state index in [1.54, 1.807) is 24.9 Å². The molecule has 0 N–H and O–H groups in total. The number of thiophene rings is 1. The number of alkyl halides is 2. The molecule has 1 fully saturated rings. The first-order valence-electron chi connectivity index (χ1n) is 8.52. The van der Waals surface area contributed by atoms with Gasteiger partial charge in [0.15, 0.2) is 0 Å². The molecule has 2 heterocycles. The predicted molar refractivity (Wildman–Crippen MR) is 100 cm³/mol. The van der Waals surface area contributed by atoms with Gasteiger partial charge in [0.05, 0.1) is 15.5 Å². The van der Waals surface area contributed by atoms with Crippen LogP contribution in [0.15, 0.2) is 28.3 Å². The van der Waals surface area contributed by atoms with Crippen LogP contribution in [0, 0.1) is 0 Å². The summed E-state index contributed by atoms with van der Waals surface area (Å²) in [6.07, 6.45) is -0.00197. The smallest absolute Gasteiger partial charge is 0.263 e. The summed E-state index contributed by atoms with van der Waals surface area (Å²) >= 11 is 1.35. The van der Waals surface area contributed by atoms with Crippen molar-refractivity contribution in [2.24, 2.45) is 4.99 Å². The first-order valence-corrected chi connectivity index (χ1v) is 9.34. The highest BCUT2D eigenvalue weighted by atomic mass is 32.1. The molecule has 1 aromatic rings. The van der Waals surface area contributed by atoms with Crippen LogP contribution >= 0.6 is 11.3 Å². The molecule has 1 aliphatic heterocycles. The third-order valence-corrected chi connectivity index (χ3v) is 5.87. The van der Waals surface area contributed by atoms with Crippen molar-refractivity contribution in [3.63, 3.8) is 0 Å². The Labute approximate surface area is 152 Å². The van der Waals surface area contributed by atoms with Gasteiger partial charge in [-0.3, -0.25) is 9.79 Å². The lowest BCUT2D eigenvalue weighted by Crippen LogP contribution is -2.38. The maximum atomic E-state index is 14.3. The largest absolute Gasteiger partial charge is 0.338 e. The highest BCUT2D eigenvalue weighted by molar-refractivity contribution is 7.16. The van der Waals surface area contributed by atoms with Crippen molar-refractivity contribution < 1.29 is 13.6 Å². The van der Waals surface area contributed by atoms with Gasteiger partial charge in [0.1, 0.15) is 11.8 Å². The van der Waals surface area contributed by atoms with Crippen LogP contribution in [0.4, 0.5) is 8.78 Å². The lowest BCUT2D eigenvalue weighted by atomic mass is 9.94. The Balaban J connectivity index is 2.23. The van der Waals surface area contributed by atoms with Gasteiger partial charge in [0.2, 0.25) is 0 Å². The van der Waals surface area contributed by atoms with Gasteiger partial charge in [-0.2, -0.15) is 0 Å². The molecule has 2 rings (SSSR count). The second-order valence-corrected chi connectivity index (χ2v) is 8.01. The Bertz CT molecular complexity index is 693. The average Bonchev–Trinajstić information content (AvgIpc) is 3.03. The third kappa shape index (κ3) is 4.54. The Morgan fingerprint density at radius 3 is 2.32 bits per heavy atom. The van der Waals surface area contributed by atoms with E-state index >= 15 is 0 Å². The van der Waals surface area contributed by atoms with Crippen LogP contribution in [0.3, 0.4) is 0 Å². The molecule has 1 amide bonds. The number of hydrogen-bond donors (Lipinski definition) is 0. The molecule has 138 valence electrons. The number of hydrogen-bond acceptors (Lipinski definition) is 3. The van der Waals surface area contributed by atoms with Gasteiger partial charge in [-0.25, -0.2) is 8.78 Å². The summed E-state index contributed by atoms with van der Waals surface area (Å²) in [4.78, 5) is 20.1. The van der Waals surface area contributed by atoms with Gasteiger partial charge in [0.25, 0.3) is 5.91 Å². The third-order valence-electron chi connectivity index (χ3n) is 4.79. The summed E-state index contributed by atoms with van der Waals surface area (Å²) in [7, 11) is 1.67. The summed E-state index contributed by atoms with van der Waals surface area (Å²) in [6.45, 7) is 7.58. The predicted octanol–water partition coefficient (Wildman–Crippen LogP) is 4.83. The first-order chi connectivity index (χ1) is 11.6. The van der Waals surface area contributed by atoms with Crippen LogP contribution in [0.5, 0.6) is 0 Å². The molecule has 25 heavy (non-hydrogen) atoms. The van der Waals surface area contributed by atoms with Crippen LogP contribution in [0.25, 0.3) is 0 Å². The molecule has 0 unspecified atom stereocenters. The number of piperidine rings is 1. The SMILES string of the molecule is CN=C(/C(C)=C(\C)C(C)(C)F)c1ccc(C(=O)N2CCC(F)CC2)s1. The van der Waals surface area contributed by atoms with E-state index in [4.69, 9.17) is 0 Å². The van der Waals surface area contributed by atoms with E-state index < -0.39 is 11.8 Å². The summed E-state index contributed by atoms with van der Waals surface area (Å²) in [5, 5.41) is 0. The van der Waals surface area contributed by atoms with E-state index in [2.05, 4.69) is 4.99 Å². The van der Waals surface area contributed by atoms with Crippen LogP contribution in [0.2, 0.25) is 0 Å². The fourth-order valence-electron chi connectivity index (χ4n) is 2.87. The quantitative estimate of drug-likeness (QED) is 0.701. The lowest BCUT2D eigenvalue weighted by molar-refractivity contribution is 0.0672. The summed E-state index contributed by atoms with van der Waals surface area (Å²) in [5.41, 5.74) is 0.690. The highest BCUT2D eigenvalue weighted by Crippen LogP contribution is 2.28. The second kappa shape index (κ2) is 7.77. The molecule has 1 saturated heterocycles. The molecular weight excluding hydrogens is 342 g/mol. The topological polar surface area (TPSA) is 32.7 Å². The molecule has 0 aliphatic carbocycles. The minimum atomic E-state index is -1.42. The molecule has 0 radical (unpaired) electrons. The number of aliphatic imine (C=N–C) groups is 1. The van der Waals surface area contributed by atoms with Gasteiger partial charge in [-0.1, -0.05) is 0 Å². The fourth-order valence-corrected chi connectivity index (χ4v) is 3.94. The average molecular weight is 368 g/mol. The summed E-state index contributed by atoms with van der Waals surface area (Å²) in [6, 6.07) is 3.63. The van der Waals surface area contributed by atoms with Gasteiger partial charge in [-0.15, -0.1) is 11.3 Å². The number of allylic oxidation sites excluding steroid dienone is 2. The second-order valence-electron chi connectivity index (χ2n) is 6.93. The Morgan fingerprint density at radius 2 is 1.80 bits per heavy atom. The minimum Gasteiger partial charge on any atom is -0.338 e. The van der Waals surface area contributed by atoms with E-state index in [0.717, 1.165) is 10.5 Å². The van der Waals surface area contributed by atoms with E-state index in [1.165, 1.54) is 25.2 Å². The van der Waals surface area contributed by atoms with Crippen molar-refractivity contribution in [3.05, 3.63) is 33.0 Å². The number of halogens is 2. The zero-order valence-electron chi connectivity index (χ0n) is 15.5. The lowest BCUT2D eigenvalue weighted by Gasteiger charge is -2.28. The standard InChI is InChI=1S/C19H26F2N2OS/c1-12(13(2)19(3,4)21)17(22-5)15-6-7-16(25-15)18(24)23-10-8-14(20)9-11-23/h6-7,14H,8-11H2,1-5H3/b13-12+,22-17?. The molecular formula is C19H26F2N2OS. The summed E-state index contributed by atoms with van der Waals surface area (Å²) in [5.74, 6) is -0.0669. The monoisotopic (exact) mass is 368 g/mol. The van der Waals surface area contributed by atoms with Crippen LogP contribution in [-0.4, -0.2) is 48.5 Å². The van der Waals surface area contributed by atoms with Crippen LogP contribution in [0.1, 0.15) is 55.1 Å². The molecule has 0 spiro atoms. The normalized spacial score (nSPS) is 18.4. The van der Waals surface area contributed by atoms with Crippen molar-refractivity contribution in [1.82, 2.24) is 4.90 Å². The van der Waals surface area contributed by atoms with Gasteiger partial charge < -0.3 is 4.90 Å². The first kappa shape index (κ1) is 19.8. The van der Waals surface area contributed by atoms with Crippen LogP contribution in [-0.2, 0) is 0 Å². The zero-order valence-corrected chi connectivity index (χ0v) is 16.3. The molecule has 0 aromatic carbocycles. The van der Waals surface area contributed by atoms with E-state index in [-0.39, 0.29) is 5.91 Å². The van der Waals surface area contributed by atoms with Crippen molar-refractivity contribution in [2.45, 2.75) is 52.4 Å². The van der Waals surface area contributed by atoms with Gasteiger partial charge >= 0.3 is 0 Å². The Kier molecular flexibility index (Phi) is 6.14. The van der Waals surface area contributed by atoms with E-state index in [9.17, 15) is 13.6 Å². The van der Waals surface area contributed by atoms with Gasteiger partial charge in [0, 0.05) is 20.1 Å². The molecule has 0 saturated carbocycles. The molecule has 3 nitrogen and oxygen atoms in total. The number of carbonyl (C=O) groups excluding carboxylic acids is 1. The number of rotatable bonds is 4. The molecule has 0 atom stereocenters. The number of carbonyl (C=O) groups is 1. The van der Waals surface area contributed by atoms with Crippen molar-refractivity contribution >= 4 is 23.0 Å². The van der Waals surface area contributed by atoms with Gasteiger partial charge in [-0.05, 0) is 63.8 Å². The fraction of sp³-hybridized carbons (Fsp3) is 0.579. The zero-order chi connectivity index (χ0) is 18.8. The molecule has 6 heteroatoms. The van der Waals surface area contributed by atoms with Crippen molar-refractivity contribution in [2.75, 3.05) is 20.1 Å². The molecule has 1 aliphatic rings. The maximum Gasteiger partial charge on any atom is 0.263 e. The number of amides is 1. The number of nitrogens with zero attached hydrogens (tertiary/aromatic N) is 2. The molecule has 0 bridgehead atoms. The van der Waals surface area contributed by atoms with Crippen molar-refractivity contribution in [3.8, 4) is 0 Å². The van der Waals surface area contributed by atoms with E-state index in [1.807, 2.05) is 13.0 Å². The van der Waals surface area contributed by atoms with Crippen molar-refractivity contribution in [1.29, 1.82) is 0 Å². The summed E-state index contributed by atoms with van der Waals surface area (Å²) < 4.78 is 27.5. The van der Waals surface area contributed by atoms with Crippen LogP contribution < -0.4 is 0 Å². The Morgan fingerprint density at radius 1 is 1.24 bits per heavy atom. The minimum absolute atomic E-state index is 0.0669. The number of likely N-dealkylation sites (tertiary alicyclic amines) is 1. The van der Waals surface area contributed by atoms with E-state index in [0.29, 0.717) is 42.1 Å². The Hall–Kier alpha value is -1.56. The highest BCUT2D eigenvalue weighted by Gasteiger charge is 2.26. The maximum absolute atomic E-state index is 14.3. The molecule has 1 aromatic heterocycles.